The molecular formula is C23H34N2O6. The van der Waals surface area contributed by atoms with Crippen molar-refractivity contribution in [3.05, 3.63) is 0 Å². The van der Waals surface area contributed by atoms with Gasteiger partial charge in [-0.1, -0.05) is 27.7 Å². The molecule has 0 aromatic rings. The quantitative estimate of drug-likeness (QED) is 0.488. The van der Waals surface area contributed by atoms with Crippen molar-refractivity contribution in [2.24, 2.45) is 21.7 Å². The van der Waals surface area contributed by atoms with Crippen LogP contribution in [0.3, 0.4) is 0 Å². The number of carbonyl (C=O) groups excluding carboxylic acids is 4. The van der Waals surface area contributed by atoms with E-state index in [4.69, 9.17) is 9.47 Å². The van der Waals surface area contributed by atoms with Gasteiger partial charge in [-0.3, -0.25) is 19.2 Å². The second kappa shape index (κ2) is 6.23. The summed E-state index contributed by atoms with van der Waals surface area (Å²) in [5.41, 5.74) is -4.70. The van der Waals surface area contributed by atoms with Gasteiger partial charge >= 0.3 is 11.9 Å². The Morgan fingerprint density at radius 2 is 1.06 bits per heavy atom. The highest BCUT2D eigenvalue weighted by Crippen LogP contribution is 2.66. The number of hydrogen-bond donors (Lipinski definition) is 2. The van der Waals surface area contributed by atoms with Gasteiger partial charge in [0.25, 0.3) is 11.8 Å². The lowest BCUT2D eigenvalue weighted by atomic mass is 9.66. The summed E-state index contributed by atoms with van der Waals surface area (Å²) in [5, 5.41) is 5.78. The Balaban J connectivity index is 1.30. The van der Waals surface area contributed by atoms with Gasteiger partial charge in [0.1, 0.15) is 0 Å². The van der Waals surface area contributed by atoms with Crippen LogP contribution in [-0.2, 0) is 28.7 Å². The molecule has 4 aliphatic rings. The van der Waals surface area contributed by atoms with E-state index in [9.17, 15) is 19.2 Å². The maximum atomic E-state index is 13.0. The van der Waals surface area contributed by atoms with Crippen molar-refractivity contribution in [1.29, 1.82) is 0 Å². The number of esters is 2. The van der Waals surface area contributed by atoms with E-state index in [0.29, 0.717) is 45.2 Å². The number of amides is 2. The first kappa shape index (κ1) is 22.1. The molecule has 31 heavy (non-hydrogen) atoms. The van der Waals surface area contributed by atoms with Crippen LogP contribution in [0.4, 0.5) is 0 Å². The molecule has 2 N–H and O–H groups in total. The lowest BCUT2D eigenvalue weighted by Crippen LogP contribution is -2.54. The average molecular weight is 435 g/mol. The summed E-state index contributed by atoms with van der Waals surface area (Å²) in [6, 6.07) is 0. The molecule has 8 nitrogen and oxygen atoms in total. The Morgan fingerprint density at radius 1 is 0.710 bits per heavy atom. The van der Waals surface area contributed by atoms with Crippen LogP contribution in [0, 0.1) is 21.7 Å². The predicted molar refractivity (Wildman–Crippen MR) is 111 cm³/mol. The Bertz CT molecular complexity index is 811. The fourth-order valence-corrected chi connectivity index (χ4v) is 6.27. The molecule has 0 radical (unpaired) electrons. The van der Waals surface area contributed by atoms with Gasteiger partial charge in [0.15, 0.2) is 11.2 Å². The van der Waals surface area contributed by atoms with Crippen LogP contribution in [0.5, 0.6) is 0 Å². The first-order valence-corrected chi connectivity index (χ1v) is 11.3. The van der Waals surface area contributed by atoms with Crippen LogP contribution in [0.2, 0.25) is 0 Å². The van der Waals surface area contributed by atoms with Crippen molar-refractivity contribution in [3.63, 3.8) is 0 Å². The third-order valence-electron chi connectivity index (χ3n) is 9.83. The van der Waals surface area contributed by atoms with Gasteiger partial charge in [0.2, 0.25) is 0 Å². The zero-order valence-electron chi connectivity index (χ0n) is 19.4. The van der Waals surface area contributed by atoms with Crippen LogP contribution < -0.4 is 10.6 Å². The third kappa shape index (κ3) is 2.31. The largest absolute Gasteiger partial charge is 0.448 e. The maximum absolute atomic E-state index is 13.0. The molecule has 2 aliphatic carbocycles. The molecule has 2 unspecified atom stereocenters. The van der Waals surface area contributed by atoms with Crippen LogP contribution in [-0.4, -0.2) is 48.0 Å². The normalized spacial score (nSPS) is 41.1. The maximum Gasteiger partial charge on any atom is 0.313 e. The molecule has 2 heterocycles. The van der Waals surface area contributed by atoms with Crippen LogP contribution in [0.1, 0.15) is 73.6 Å². The summed E-state index contributed by atoms with van der Waals surface area (Å²) in [7, 11) is 0. The van der Waals surface area contributed by atoms with Gasteiger partial charge in [-0.15, -0.1) is 0 Å². The Morgan fingerprint density at radius 3 is 1.32 bits per heavy atom. The molecule has 8 heteroatoms. The molecule has 2 aliphatic heterocycles. The highest BCUT2D eigenvalue weighted by molar-refractivity contribution is 5.97. The first-order valence-electron chi connectivity index (χ1n) is 11.3. The second-order valence-electron chi connectivity index (χ2n) is 11.2. The molecule has 4 atom stereocenters. The molecule has 0 aromatic heterocycles. The lowest BCUT2D eigenvalue weighted by molar-refractivity contribution is -0.168. The predicted octanol–water partition coefficient (Wildman–Crippen LogP) is 1.85. The first-order chi connectivity index (χ1) is 14.2. The number of carbonyl (C=O) groups is 4. The molecule has 4 bridgehead atoms. The van der Waals surface area contributed by atoms with E-state index in [2.05, 4.69) is 10.6 Å². The summed E-state index contributed by atoms with van der Waals surface area (Å²) >= 11 is 0. The van der Waals surface area contributed by atoms with Crippen molar-refractivity contribution >= 4 is 23.8 Å². The Hall–Kier alpha value is -2.12. The van der Waals surface area contributed by atoms with Gasteiger partial charge in [0.05, 0.1) is 10.8 Å². The minimum Gasteiger partial charge on any atom is -0.448 e. The number of ether oxygens (including phenoxy) is 2. The summed E-state index contributed by atoms with van der Waals surface area (Å²) in [4.78, 5) is 50.6. The topological polar surface area (TPSA) is 111 Å². The fourth-order valence-electron chi connectivity index (χ4n) is 6.27. The average Bonchev–Trinajstić information content (AvgIpc) is 3.15. The van der Waals surface area contributed by atoms with Crippen molar-refractivity contribution in [2.75, 3.05) is 13.1 Å². The van der Waals surface area contributed by atoms with Gasteiger partial charge in [-0.25, -0.2) is 0 Å². The van der Waals surface area contributed by atoms with E-state index >= 15 is 0 Å². The van der Waals surface area contributed by atoms with E-state index in [1.54, 1.807) is 0 Å². The Labute approximate surface area is 183 Å². The van der Waals surface area contributed by atoms with Crippen molar-refractivity contribution in [3.8, 4) is 0 Å². The molecule has 0 aromatic carbocycles. The fraction of sp³-hybridized carbons (Fsp3) is 0.826. The molecule has 2 saturated heterocycles. The summed E-state index contributed by atoms with van der Waals surface area (Å²) in [5.74, 6) is -1.14. The monoisotopic (exact) mass is 434 g/mol. The minimum absolute atomic E-state index is 0.269. The summed E-state index contributed by atoms with van der Waals surface area (Å²) in [6.45, 7) is 12.1. The van der Waals surface area contributed by atoms with Gasteiger partial charge in [-0.05, 0) is 46.0 Å². The standard InChI is InChI=1S/C23H34N2O6/c1-18(2)20(5)8-10-22(18,30-16(20)28)14(26)24-12-7-13-25-15(27)23-11-9-21(6,17(29)31-23)19(23,3)4/h7-13H2,1-6H3,(H,24,26)(H,25,27)/t20-,21+,22?,23?. The minimum atomic E-state index is -1.13. The van der Waals surface area contributed by atoms with E-state index in [1.807, 2.05) is 41.5 Å². The smallest absolute Gasteiger partial charge is 0.313 e. The van der Waals surface area contributed by atoms with Crippen LogP contribution >= 0.6 is 0 Å². The van der Waals surface area contributed by atoms with Gasteiger partial charge in [-0.2, -0.15) is 0 Å². The molecule has 4 fully saturated rings. The van der Waals surface area contributed by atoms with Gasteiger partial charge in [0, 0.05) is 23.9 Å². The summed E-state index contributed by atoms with van der Waals surface area (Å²) < 4.78 is 11.2. The zero-order chi connectivity index (χ0) is 23.1. The van der Waals surface area contributed by atoms with E-state index in [0.717, 1.165) is 0 Å². The molecular weight excluding hydrogens is 400 g/mol. The van der Waals surface area contributed by atoms with Crippen molar-refractivity contribution in [2.45, 2.75) is 84.8 Å². The van der Waals surface area contributed by atoms with Gasteiger partial charge < -0.3 is 20.1 Å². The molecule has 172 valence electrons. The highest BCUT2D eigenvalue weighted by atomic mass is 16.6. The molecule has 2 amide bonds. The van der Waals surface area contributed by atoms with E-state index in [-0.39, 0.29) is 23.8 Å². The number of hydrogen-bond acceptors (Lipinski definition) is 6. The Kier molecular flexibility index (Phi) is 4.44. The van der Waals surface area contributed by atoms with Crippen LogP contribution in [0.15, 0.2) is 0 Å². The molecule has 2 saturated carbocycles. The third-order valence-corrected chi connectivity index (χ3v) is 9.83. The second-order valence-corrected chi connectivity index (χ2v) is 11.2. The summed E-state index contributed by atoms with van der Waals surface area (Å²) in [6.07, 6.45) is 2.83. The van der Waals surface area contributed by atoms with E-state index in [1.165, 1.54) is 0 Å². The highest BCUT2D eigenvalue weighted by Gasteiger charge is 2.76. The SMILES string of the molecule is CC1(C)C2(C(=O)NCCCNC(=O)C34CC[C@](C)(C(=O)O3)C4(C)C)CC[C@@]1(C)C(=O)O2. The zero-order valence-corrected chi connectivity index (χ0v) is 19.4. The number of rotatable bonds is 6. The number of nitrogens with one attached hydrogen (secondary N) is 2. The van der Waals surface area contributed by atoms with Crippen molar-refractivity contribution < 1.29 is 28.7 Å². The molecule has 0 spiro atoms. The molecule has 4 rings (SSSR count). The van der Waals surface area contributed by atoms with E-state index < -0.39 is 32.9 Å². The van der Waals surface area contributed by atoms with Crippen molar-refractivity contribution in [1.82, 2.24) is 10.6 Å². The number of fused-ring (bicyclic) bond motifs is 4. The lowest BCUT2D eigenvalue weighted by Gasteiger charge is -2.35. The van der Waals surface area contributed by atoms with Crippen LogP contribution in [0.25, 0.3) is 0 Å².